The largest absolute Gasteiger partial charge is 0.496 e. The molecule has 0 aliphatic rings. The van der Waals surface area contributed by atoms with Crippen molar-refractivity contribution < 1.29 is 14.6 Å². The van der Waals surface area contributed by atoms with Crippen LogP contribution in [0.2, 0.25) is 0 Å². The second kappa shape index (κ2) is 5.92. The topological polar surface area (TPSA) is 72.5 Å². The second-order valence-corrected chi connectivity index (χ2v) is 3.28. The number of ether oxygens (including phenoxy) is 1. The molecule has 0 atom stereocenters. The number of hydrogen-bond donors (Lipinski definition) is 2. The molecule has 0 aliphatic heterocycles. The lowest BCUT2D eigenvalue weighted by atomic mass is 10.1. The van der Waals surface area contributed by atoms with E-state index in [1.807, 2.05) is 18.2 Å². The Balaban J connectivity index is 2.96. The van der Waals surface area contributed by atoms with Crippen molar-refractivity contribution in [2.45, 2.75) is 6.42 Å². The van der Waals surface area contributed by atoms with Crippen LogP contribution in [0.3, 0.4) is 0 Å². The maximum atomic E-state index is 10.6. The van der Waals surface area contributed by atoms with E-state index in [2.05, 4.69) is 0 Å². The first-order valence-electron chi connectivity index (χ1n) is 4.92. The molecule has 0 unspecified atom stereocenters. The summed E-state index contributed by atoms with van der Waals surface area (Å²) in [6, 6.07) is 5.39. The minimum Gasteiger partial charge on any atom is -0.496 e. The van der Waals surface area contributed by atoms with Gasteiger partial charge in [-0.25, -0.2) is 0 Å². The van der Waals surface area contributed by atoms with Crippen molar-refractivity contribution in [3.05, 3.63) is 35.4 Å². The Hall–Kier alpha value is -1.81. The third-order valence-electron chi connectivity index (χ3n) is 2.10. The Morgan fingerprint density at radius 1 is 1.56 bits per heavy atom. The molecule has 0 fully saturated rings. The highest BCUT2D eigenvalue weighted by molar-refractivity contribution is 5.71. The fourth-order valence-electron chi connectivity index (χ4n) is 1.38. The van der Waals surface area contributed by atoms with E-state index in [1.165, 1.54) is 7.11 Å². The highest BCUT2D eigenvalue weighted by Crippen LogP contribution is 2.21. The van der Waals surface area contributed by atoms with Crippen molar-refractivity contribution in [3.63, 3.8) is 0 Å². The van der Waals surface area contributed by atoms with Gasteiger partial charge in [0.05, 0.1) is 13.5 Å². The average molecular weight is 221 g/mol. The Morgan fingerprint density at radius 2 is 2.31 bits per heavy atom. The summed E-state index contributed by atoms with van der Waals surface area (Å²) >= 11 is 0. The molecule has 1 rings (SSSR count). The molecule has 0 aliphatic carbocycles. The molecule has 0 amide bonds. The van der Waals surface area contributed by atoms with Gasteiger partial charge in [0.1, 0.15) is 5.75 Å². The van der Waals surface area contributed by atoms with Gasteiger partial charge in [0, 0.05) is 12.1 Å². The molecule has 4 nitrogen and oxygen atoms in total. The second-order valence-electron chi connectivity index (χ2n) is 3.28. The lowest BCUT2D eigenvalue weighted by Crippen LogP contribution is -2.02. The molecule has 86 valence electrons. The van der Waals surface area contributed by atoms with E-state index >= 15 is 0 Å². The minimum atomic E-state index is -0.872. The van der Waals surface area contributed by atoms with Crippen LogP contribution in [0.1, 0.15) is 11.1 Å². The number of carboxylic acids is 1. The van der Waals surface area contributed by atoms with Gasteiger partial charge >= 0.3 is 5.97 Å². The van der Waals surface area contributed by atoms with E-state index in [1.54, 1.807) is 12.1 Å². The average Bonchev–Trinajstić information content (AvgIpc) is 2.27. The molecule has 4 heteroatoms. The van der Waals surface area contributed by atoms with Crippen LogP contribution < -0.4 is 10.5 Å². The fraction of sp³-hybridized carbons (Fsp3) is 0.250. The third kappa shape index (κ3) is 3.40. The van der Waals surface area contributed by atoms with Gasteiger partial charge in [-0.05, 0) is 11.6 Å². The fourth-order valence-corrected chi connectivity index (χ4v) is 1.38. The van der Waals surface area contributed by atoms with E-state index in [4.69, 9.17) is 15.6 Å². The van der Waals surface area contributed by atoms with Gasteiger partial charge in [0.2, 0.25) is 0 Å². The molecule has 0 radical (unpaired) electrons. The standard InChI is InChI=1S/C12H15NO3/c1-16-11-7-9(3-2-6-13)4-5-10(11)8-12(14)15/h2-5,7H,6,8,13H2,1H3,(H,14,15). The third-order valence-corrected chi connectivity index (χ3v) is 2.10. The quantitative estimate of drug-likeness (QED) is 0.786. The number of benzene rings is 1. The molecule has 0 aromatic heterocycles. The number of hydrogen-bond acceptors (Lipinski definition) is 3. The van der Waals surface area contributed by atoms with Crippen molar-refractivity contribution in [2.24, 2.45) is 5.73 Å². The number of methoxy groups -OCH3 is 1. The summed E-state index contributed by atoms with van der Waals surface area (Å²) in [5, 5.41) is 8.71. The Bertz CT molecular complexity index is 399. The molecule has 0 spiro atoms. The van der Waals surface area contributed by atoms with E-state index in [0.29, 0.717) is 17.9 Å². The summed E-state index contributed by atoms with van der Waals surface area (Å²) in [7, 11) is 1.52. The van der Waals surface area contributed by atoms with Crippen LogP contribution in [0.4, 0.5) is 0 Å². The monoisotopic (exact) mass is 221 g/mol. The Morgan fingerprint density at radius 3 is 2.88 bits per heavy atom. The van der Waals surface area contributed by atoms with Gasteiger partial charge in [0.15, 0.2) is 0 Å². The van der Waals surface area contributed by atoms with Gasteiger partial charge in [-0.3, -0.25) is 4.79 Å². The van der Waals surface area contributed by atoms with Crippen LogP contribution in [-0.4, -0.2) is 24.7 Å². The number of carboxylic acid groups (broad SMARTS) is 1. The van der Waals surface area contributed by atoms with Crippen molar-refractivity contribution >= 4 is 12.0 Å². The zero-order chi connectivity index (χ0) is 12.0. The lowest BCUT2D eigenvalue weighted by Gasteiger charge is -2.07. The van der Waals surface area contributed by atoms with Gasteiger partial charge in [-0.15, -0.1) is 0 Å². The molecular weight excluding hydrogens is 206 g/mol. The smallest absolute Gasteiger partial charge is 0.307 e. The van der Waals surface area contributed by atoms with Gasteiger partial charge in [-0.2, -0.15) is 0 Å². The van der Waals surface area contributed by atoms with Crippen molar-refractivity contribution in [1.82, 2.24) is 0 Å². The van der Waals surface area contributed by atoms with Crippen LogP contribution in [0.25, 0.3) is 6.08 Å². The van der Waals surface area contributed by atoms with Crippen molar-refractivity contribution in [3.8, 4) is 5.75 Å². The SMILES string of the molecule is COc1cc(C=CCN)ccc1CC(=O)O. The maximum Gasteiger partial charge on any atom is 0.307 e. The normalized spacial score (nSPS) is 10.6. The first-order valence-corrected chi connectivity index (χ1v) is 4.92. The first-order chi connectivity index (χ1) is 7.67. The summed E-state index contributed by atoms with van der Waals surface area (Å²) in [5.41, 5.74) is 6.95. The summed E-state index contributed by atoms with van der Waals surface area (Å²) in [6.45, 7) is 0.471. The molecule has 16 heavy (non-hydrogen) atoms. The predicted molar refractivity (Wildman–Crippen MR) is 62.4 cm³/mol. The van der Waals surface area contributed by atoms with Crippen molar-refractivity contribution in [1.29, 1.82) is 0 Å². The number of nitrogens with two attached hydrogens (primary N) is 1. The predicted octanol–water partition coefficient (Wildman–Crippen LogP) is 1.29. The zero-order valence-corrected chi connectivity index (χ0v) is 9.14. The maximum absolute atomic E-state index is 10.6. The van der Waals surface area contributed by atoms with Crippen LogP contribution in [0.5, 0.6) is 5.75 Å². The van der Waals surface area contributed by atoms with E-state index in [0.717, 1.165) is 5.56 Å². The first kappa shape index (κ1) is 12.3. The molecule has 1 aromatic carbocycles. The van der Waals surface area contributed by atoms with Gasteiger partial charge in [0.25, 0.3) is 0 Å². The molecule has 0 heterocycles. The summed E-state index contributed by atoms with van der Waals surface area (Å²) in [6.07, 6.45) is 3.66. The number of carbonyl (C=O) groups is 1. The minimum absolute atomic E-state index is 0.0376. The summed E-state index contributed by atoms with van der Waals surface area (Å²) in [5.74, 6) is -0.287. The lowest BCUT2D eigenvalue weighted by molar-refractivity contribution is -0.136. The Kier molecular flexibility index (Phi) is 4.54. The van der Waals surface area contributed by atoms with E-state index < -0.39 is 5.97 Å². The van der Waals surface area contributed by atoms with E-state index in [9.17, 15) is 4.79 Å². The van der Waals surface area contributed by atoms with Crippen LogP contribution in [0.15, 0.2) is 24.3 Å². The zero-order valence-electron chi connectivity index (χ0n) is 9.14. The van der Waals surface area contributed by atoms with Crippen LogP contribution >= 0.6 is 0 Å². The highest BCUT2D eigenvalue weighted by Gasteiger charge is 2.07. The summed E-state index contributed by atoms with van der Waals surface area (Å²) < 4.78 is 5.14. The molecule has 0 saturated heterocycles. The Labute approximate surface area is 94.3 Å². The molecule has 3 N–H and O–H groups in total. The number of rotatable bonds is 5. The molecule has 0 saturated carbocycles. The van der Waals surface area contributed by atoms with Gasteiger partial charge < -0.3 is 15.6 Å². The van der Waals surface area contributed by atoms with E-state index in [-0.39, 0.29) is 6.42 Å². The molecular formula is C12H15NO3. The summed E-state index contributed by atoms with van der Waals surface area (Å²) in [4.78, 5) is 10.6. The molecule has 0 bridgehead atoms. The van der Waals surface area contributed by atoms with Crippen LogP contribution in [0, 0.1) is 0 Å². The van der Waals surface area contributed by atoms with Gasteiger partial charge in [-0.1, -0.05) is 24.3 Å². The molecule has 1 aromatic rings. The van der Waals surface area contributed by atoms with Crippen molar-refractivity contribution in [2.75, 3.05) is 13.7 Å². The highest BCUT2D eigenvalue weighted by atomic mass is 16.5. The van der Waals surface area contributed by atoms with Crippen LogP contribution in [-0.2, 0) is 11.2 Å². The number of aliphatic carboxylic acids is 1.